The Balaban J connectivity index is 2.04. The molecule has 1 atom stereocenters. The monoisotopic (exact) mass is 298 g/mol. The van der Waals surface area contributed by atoms with E-state index in [9.17, 15) is 14.7 Å². The van der Waals surface area contributed by atoms with Gasteiger partial charge in [0.2, 0.25) is 6.29 Å². The van der Waals surface area contributed by atoms with Gasteiger partial charge in [0.25, 0.3) is 0 Å². The predicted molar refractivity (Wildman–Crippen MR) is 76.6 cm³/mol. The standard InChI is InChI=1S/C16H26O5/c1-2-20-13(12-8-4-3-5-9-12)21-15(19)16(14(17)18)10-6-7-11-16/h12-13H,2-11H2,1H3,(H,17,18). The van der Waals surface area contributed by atoms with E-state index in [1.54, 1.807) is 0 Å². The lowest BCUT2D eigenvalue weighted by Gasteiger charge is -2.32. The fraction of sp³-hybridized carbons (Fsp3) is 0.875. The highest BCUT2D eigenvalue weighted by atomic mass is 16.7. The van der Waals surface area contributed by atoms with E-state index in [2.05, 4.69) is 0 Å². The van der Waals surface area contributed by atoms with Gasteiger partial charge in [-0.15, -0.1) is 0 Å². The summed E-state index contributed by atoms with van der Waals surface area (Å²) >= 11 is 0. The van der Waals surface area contributed by atoms with Crippen molar-refractivity contribution < 1.29 is 24.2 Å². The molecule has 0 aliphatic heterocycles. The van der Waals surface area contributed by atoms with Crippen LogP contribution in [0, 0.1) is 11.3 Å². The van der Waals surface area contributed by atoms with E-state index in [0.717, 1.165) is 38.5 Å². The second-order valence-electron chi connectivity index (χ2n) is 6.22. The molecule has 120 valence electrons. The maximum Gasteiger partial charge on any atom is 0.325 e. The minimum atomic E-state index is -1.34. The molecular weight excluding hydrogens is 272 g/mol. The molecule has 5 heteroatoms. The highest BCUT2D eigenvalue weighted by molar-refractivity contribution is 5.99. The molecule has 0 heterocycles. The van der Waals surface area contributed by atoms with Gasteiger partial charge in [-0.1, -0.05) is 32.1 Å². The van der Waals surface area contributed by atoms with Gasteiger partial charge in [-0.3, -0.25) is 9.59 Å². The zero-order valence-corrected chi connectivity index (χ0v) is 12.8. The predicted octanol–water partition coefficient (Wildman–Crippen LogP) is 3.12. The minimum Gasteiger partial charge on any atom is -0.480 e. The van der Waals surface area contributed by atoms with Crippen molar-refractivity contribution in [2.24, 2.45) is 11.3 Å². The van der Waals surface area contributed by atoms with Crippen molar-refractivity contribution in [1.29, 1.82) is 0 Å². The number of esters is 1. The number of carboxylic acid groups (broad SMARTS) is 1. The Bertz CT molecular complexity index is 367. The molecule has 0 amide bonds. The van der Waals surface area contributed by atoms with Gasteiger partial charge in [-0.25, -0.2) is 0 Å². The molecule has 2 fully saturated rings. The fourth-order valence-corrected chi connectivity index (χ4v) is 3.54. The summed E-state index contributed by atoms with van der Waals surface area (Å²) in [5.74, 6) is -1.45. The van der Waals surface area contributed by atoms with E-state index in [0.29, 0.717) is 19.4 Å². The Morgan fingerprint density at radius 1 is 1.14 bits per heavy atom. The number of carbonyl (C=O) groups is 2. The summed E-state index contributed by atoms with van der Waals surface area (Å²) in [5, 5.41) is 9.45. The van der Waals surface area contributed by atoms with Gasteiger partial charge in [-0.05, 0) is 32.6 Å². The largest absolute Gasteiger partial charge is 0.480 e. The van der Waals surface area contributed by atoms with E-state index in [1.165, 1.54) is 6.42 Å². The third kappa shape index (κ3) is 3.57. The molecule has 21 heavy (non-hydrogen) atoms. The molecule has 0 aromatic rings. The van der Waals surface area contributed by atoms with Crippen LogP contribution in [0.15, 0.2) is 0 Å². The third-order valence-electron chi connectivity index (χ3n) is 4.85. The molecule has 0 saturated heterocycles. The second kappa shape index (κ2) is 7.25. The maximum atomic E-state index is 12.5. The molecule has 0 radical (unpaired) electrons. The molecule has 0 aromatic carbocycles. The van der Waals surface area contributed by atoms with Gasteiger partial charge in [0.05, 0.1) is 0 Å². The molecule has 2 aliphatic rings. The van der Waals surface area contributed by atoms with Crippen LogP contribution in [0.25, 0.3) is 0 Å². The van der Waals surface area contributed by atoms with Gasteiger partial charge < -0.3 is 14.6 Å². The SMILES string of the molecule is CCOC(OC(=O)C1(C(=O)O)CCCC1)C1CCCCC1. The Labute approximate surface area is 126 Å². The molecule has 1 unspecified atom stereocenters. The topological polar surface area (TPSA) is 72.8 Å². The van der Waals surface area contributed by atoms with Crippen LogP contribution < -0.4 is 0 Å². The second-order valence-corrected chi connectivity index (χ2v) is 6.22. The first kappa shape index (κ1) is 16.3. The third-order valence-corrected chi connectivity index (χ3v) is 4.85. The summed E-state index contributed by atoms with van der Waals surface area (Å²) in [7, 11) is 0. The summed E-state index contributed by atoms with van der Waals surface area (Å²) in [4.78, 5) is 24.0. The molecule has 0 aromatic heterocycles. The Kier molecular flexibility index (Phi) is 5.62. The van der Waals surface area contributed by atoms with E-state index in [-0.39, 0.29) is 5.92 Å². The normalized spacial score (nSPS) is 23.7. The summed E-state index contributed by atoms with van der Waals surface area (Å²) in [5.41, 5.74) is -1.34. The van der Waals surface area contributed by atoms with Crippen molar-refractivity contribution in [2.45, 2.75) is 71.0 Å². The fourth-order valence-electron chi connectivity index (χ4n) is 3.54. The highest BCUT2D eigenvalue weighted by Crippen LogP contribution is 2.40. The number of carbonyl (C=O) groups excluding carboxylic acids is 1. The Morgan fingerprint density at radius 2 is 1.76 bits per heavy atom. The molecule has 2 saturated carbocycles. The Hall–Kier alpha value is -1.10. The smallest absolute Gasteiger partial charge is 0.325 e. The first-order valence-corrected chi connectivity index (χ1v) is 8.16. The molecule has 2 rings (SSSR count). The van der Waals surface area contributed by atoms with Crippen LogP contribution in [-0.4, -0.2) is 29.9 Å². The number of ether oxygens (including phenoxy) is 2. The van der Waals surface area contributed by atoms with E-state index in [1.807, 2.05) is 6.92 Å². The molecular formula is C16H26O5. The van der Waals surface area contributed by atoms with Crippen LogP contribution in [0.1, 0.15) is 64.7 Å². The number of hydrogen-bond donors (Lipinski definition) is 1. The van der Waals surface area contributed by atoms with Crippen LogP contribution in [0.2, 0.25) is 0 Å². The molecule has 1 N–H and O–H groups in total. The van der Waals surface area contributed by atoms with Crippen molar-refractivity contribution in [2.75, 3.05) is 6.61 Å². The van der Waals surface area contributed by atoms with Crippen molar-refractivity contribution in [3.63, 3.8) is 0 Å². The summed E-state index contributed by atoms with van der Waals surface area (Å²) < 4.78 is 11.1. The lowest BCUT2D eigenvalue weighted by molar-refractivity contribution is -0.205. The molecule has 0 bridgehead atoms. The number of rotatable bonds is 6. The van der Waals surface area contributed by atoms with Crippen molar-refractivity contribution in [3.8, 4) is 0 Å². The number of hydrogen-bond acceptors (Lipinski definition) is 4. The van der Waals surface area contributed by atoms with Crippen molar-refractivity contribution >= 4 is 11.9 Å². The van der Waals surface area contributed by atoms with Crippen LogP contribution in [-0.2, 0) is 19.1 Å². The summed E-state index contributed by atoms with van der Waals surface area (Å²) in [6, 6.07) is 0. The zero-order valence-electron chi connectivity index (χ0n) is 12.8. The maximum absolute atomic E-state index is 12.5. The summed E-state index contributed by atoms with van der Waals surface area (Å²) in [6.07, 6.45) is 7.13. The van der Waals surface area contributed by atoms with Crippen LogP contribution in [0.5, 0.6) is 0 Å². The van der Waals surface area contributed by atoms with Gasteiger partial charge in [0.1, 0.15) is 0 Å². The van der Waals surface area contributed by atoms with Gasteiger partial charge in [0.15, 0.2) is 5.41 Å². The van der Waals surface area contributed by atoms with E-state index >= 15 is 0 Å². The first-order chi connectivity index (χ1) is 10.1. The average molecular weight is 298 g/mol. The van der Waals surface area contributed by atoms with Crippen molar-refractivity contribution in [3.05, 3.63) is 0 Å². The zero-order chi connectivity index (χ0) is 15.3. The molecule has 0 spiro atoms. The lowest BCUT2D eigenvalue weighted by atomic mass is 9.86. The number of carboxylic acids is 1. The van der Waals surface area contributed by atoms with Crippen LogP contribution in [0.4, 0.5) is 0 Å². The van der Waals surface area contributed by atoms with Gasteiger partial charge >= 0.3 is 11.9 Å². The van der Waals surface area contributed by atoms with Crippen LogP contribution >= 0.6 is 0 Å². The average Bonchev–Trinajstić information content (AvgIpc) is 2.98. The van der Waals surface area contributed by atoms with Gasteiger partial charge in [-0.2, -0.15) is 0 Å². The van der Waals surface area contributed by atoms with E-state index < -0.39 is 23.6 Å². The quantitative estimate of drug-likeness (QED) is 0.463. The molecule has 2 aliphatic carbocycles. The summed E-state index contributed by atoms with van der Waals surface area (Å²) in [6.45, 7) is 2.33. The van der Waals surface area contributed by atoms with Crippen molar-refractivity contribution in [1.82, 2.24) is 0 Å². The van der Waals surface area contributed by atoms with Gasteiger partial charge in [0, 0.05) is 12.5 Å². The van der Waals surface area contributed by atoms with Crippen LogP contribution in [0.3, 0.4) is 0 Å². The first-order valence-electron chi connectivity index (χ1n) is 8.16. The number of aliphatic carboxylic acids is 1. The molecule has 5 nitrogen and oxygen atoms in total. The lowest BCUT2D eigenvalue weighted by Crippen LogP contribution is -2.42. The van der Waals surface area contributed by atoms with E-state index in [4.69, 9.17) is 9.47 Å². The minimum absolute atomic E-state index is 0.204. The Morgan fingerprint density at radius 3 is 2.29 bits per heavy atom. The highest BCUT2D eigenvalue weighted by Gasteiger charge is 2.50.